The fourth-order valence-electron chi connectivity index (χ4n) is 2.55. The summed E-state index contributed by atoms with van der Waals surface area (Å²) in [5.41, 5.74) is 0.481. The van der Waals surface area contributed by atoms with E-state index < -0.39 is 0 Å². The lowest BCUT2D eigenvalue weighted by molar-refractivity contribution is -0.117. The van der Waals surface area contributed by atoms with E-state index in [1.54, 1.807) is 18.2 Å². The molecule has 2 atom stereocenters. The molecule has 1 aliphatic rings. The van der Waals surface area contributed by atoms with E-state index in [4.69, 9.17) is 27.9 Å². The first-order chi connectivity index (χ1) is 9.95. The van der Waals surface area contributed by atoms with Crippen LogP contribution in [-0.4, -0.2) is 42.6 Å². The van der Waals surface area contributed by atoms with Gasteiger partial charge < -0.3 is 10.1 Å². The fraction of sp³-hybridized carbons (Fsp3) is 0.533. The van der Waals surface area contributed by atoms with E-state index >= 15 is 0 Å². The number of nitrogens with zero attached hydrogens (tertiary/aromatic N) is 1. The zero-order valence-electron chi connectivity index (χ0n) is 12.2. The lowest BCUT2D eigenvalue weighted by atomic mass is 10.2. The minimum Gasteiger partial charge on any atom is -0.373 e. The van der Waals surface area contributed by atoms with Crippen LogP contribution in [0.2, 0.25) is 10.0 Å². The number of nitrogens with one attached hydrogen (secondary N) is 1. The quantitative estimate of drug-likeness (QED) is 0.919. The zero-order chi connectivity index (χ0) is 15.4. The van der Waals surface area contributed by atoms with Crippen LogP contribution in [0.25, 0.3) is 0 Å². The molecule has 1 aliphatic heterocycles. The number of anilines is 1. The standard InChI is InChI=1S/C15H20Cl2N2O2/c1-10-8-19(9-11(2)21-10)7-6-14(20)18-15-12(16)4-3-5-13(15)17/h3-5,10-11H,6-9H2,1-2H3,(H,18,20). The molecule has 0 spiro atoms. The third kappa shape index (κ3) is 4.85. The van der Waals surface area contributed by atoms with E-state index in [1.807, 2.05) is 13.8 Å². The van der Waals surface area contributed by atoms with Gasteiger partial charge in [-0.1, -0.05) is 29.3 Å². The van der Waals surface area contributed by atoms with Crippen LogP contribution in [0.5, 0.6) is 0 Å². The maximum atomic E-state index is 12.0. The van der Waals surface area contributed by atoms with Crippen molar-refractivity contribution in [1.29, 1.82) is 0 Å². The first-order valence-corrected chi connectivity index (χ1v) is 7.83. The second-order valence-corrected chi connectivity index (χ2v) is 6.23. The summed E-state index contributed by atoms with van der Waals surface area (Å²) >= 11 is 12.1. The van der Waals surface area contributed by atoms with Crippen molar-refractivity contribution in [2.24, 2.45) is 0 Å². The third-order valence-electron chi connectivity index (χ3n) is 3.38. The first-order valence-electron chi connectivity index (χ1n) is 7.07. The molecule has 0 aliphatic carbocycles. The molecule has 116 valence electrons. The van der Waals surface area contributed by atoms with E-state index in [2.05, 4.69) is 10.2 Å². The summed E-state index contributed by atoms with van der Waals surface area (Å²) in [5.74, 6) is -0.0863. The minimum absolute atomic E-state index is 0.0863. The number of amides is 1. The van der Waals surface area contributed by atoms with Crippen molar-refractivity contribution >= 4 is 34.8 Å². The second kappa shape index (κ2) is 7.45. The van der Waals surface area contributed by atoms with Crippen LogP contribution in [-0.2, 0) is 9.53 Å². The molecule has 0 aromatic heterocycles. The van der Waals surface area contributed by atoms with Crippen LogP contribution in [0.3, 0.4) is 0 Å². The van der Waals surface area contributed by atoms with E-state index in [1.165, 1.54) is 0 Å². The van der Waals surface area contributed by atoms with Gasteiger partial charge in [-0.15, -0.1) is 0 Å². The van der Waals surface area contributed by atoms with Crippen molar-refractivity contribution in [2.45, 2.75) is 32.5 Å². The molecule has 1 saturated heterocycles. The molecule has 1 heterocycles. The van der Waals surface area contributed by atoms with Crippen molar-refractivity contribution < 1.29 is 9.53 Å². The molecule has 1 N–H and O–H groups in total. The number of hydrogen-bond donors (Lipinski definition) is 1. The highest BCUT2D eigenvalue weighted by molar-refractivity contribution is 6.39. The number of benzene rings is 1. The molecule has 6 heteroatoms. The van der Waals surface area contributed by atoms with Gasteiger partial charge in [0.1, 0.15) is 0 Å². The van der Waals surface area contributed by atoms with Crippen molar-refractivity contribution in [3.63, 3.8) is 0 Å². The molecule has 21 heavy (non-hydrogen) atoms. The van der Waals surface area contributed by atoms with Gasteiger partial charge in [-0.05, 0) is 26.0 Å². The summed E-state index contributed by atoms with van der Waals surface area (Å²) in [7, 11) is 0. The molecule has 1 aromatic carbocycles. The summed E-state index contributed by atoms with van der Waals surface area (Å²) in [6.45, 7) is 6.50. The number of hydrogen-bond acceptors (Lipinski definition) is 3. The lowest BCUT2D eigenvalue weighted by Gasteiger charge is -2.35. The summed E-state index contributed by atoms with van der Waals surface area (Å²) < 4.78 is 5.67. The van der Waals surface area contributed by atoms with Gasteiger partial charge in [0.15, 0.2) is 0 Å². The molecule has 2 rings (SSSR count). The Morgan fingerprint density at radius 2 is 1.86 bits per heavy atom. The molecule has 1 aromatic rings. The number of morpholine rings is 1. The second-order valence-electron chi connectivity index (χ2n) is 5.41. The van der Waals surface area contributed by atoms with Gasteiger partial charge in [-0.2, -0.15) is 0 Å². The molecular weight excluding hydrogens is 311 g/mol. The number of ether oxygens (including phenoxy) is 1. The summed E-state index contributed by atoms with van der Waals surface area (Å²) in [5, 5.41) is 3.68. The molecule has 0 saturated carbocycles. The van der Waals surface area contributed by atoms with Gasteiger partial charge in [0, 0.05) is 26.1 Å². The van der Waals surface area contributed by atoms with Crippen molar-refractivity contribution in [3.05, 3.63) is 28.2 Å². The maximum Gasteiger partial charge on any atom is 0.225 e. The Bertz CT molecular complexity index is 480. The van der Waals surface area contributed by atoms with Gasteiger partial charge in [0.2, 0.25) is 5.91 Å². The molecule has 1 amide bonds. The third-order valence-corrected chi connectivity index (χ3v) is 4.01. The van der Waals surface area contributed by atoms with E-state index in [0.29, 0.717) is 28.7 Å². The zero-order valence-corrected chi connectivity index (χ0v) is 13.7. The Kier molecular flexibility index (Phi) is 5.88. The van der Waals surface area contributed by atoms with Crippen LogP contribution in [0.1, 0.15) is 20.3 Å². The SMILES string of the molecule is CC1CN(CCC(=O)Nc2c(Cl)cccc2Cl)CC(C)O1. The van der Waals surface area contributed by atoms with Crippen molar-refractivity contribution in [2.75, 3.05) is 25.0 Å². The van der Waals surface area contributed by atoms with Crippen LogP contribution in [0, 0.1) is 0 Å². The predicted molar refractivity (Wildman–Crippen MR) is 86.2 cm³/mol. The molecule has 2 unspecified atom stereocenters. The van der Waals surface area contributed by atoms with E-state index in [9.17, 15) is 4.79 Å². The van der Waals surface area contributed by atoms with Gasteiger partial charge in [-0.25, -0.2) is 0 Å². The average Bonchev–Trinajstić information content (AvgIpc) is 2.40. The van der Waals surface area contributed by atoms with Gasteiger partial charge in [0.05, 0.1) is 27.9 Å². The molecular formula is C15H20Cl2N2O2. The molecule has 0 bridgehead atoms. The minimum atomic E-state index is -0.0863. The Morgan fingerprint density at radius 3 is 2.43 bits per heavy atom. The van der Waals surface area contributed by atoms with Crippen LogP contribution in [0.4, 0.5) is 5.69 Å². The van der Waals surface area contributed by atoms with Crippen LogP contribution < -0.4 is 5.32 Å². The lowest BCUT2D eigenvalue weighted by Crippen LogP contribution is -2.46. The molecule has 4 nitrogen and oxygen atoms in total. The topological polar surface area (TPSA) is 41.6 Å². The largest absolute Gasteiger partial charge is 0.373 e. The Labute approximate surface area is 135 Å². The fourth-order valence-corrected chi connectivity index (χ4v) is 3.04. The number of halogens is 2. The highest BCUT2D eigenvalue weighted by Gasteiger charge is 2.22. The average molecular weight is 331 g/mol. The first kappa shape index (κ1) is 16.6. The monoisotopic (exact) mass is 330 g/mol. The van der Waals surface area contributed by atoms with Gasteiger partial charge in [-0.3, -0.25) is 9.69 Å². The van der Waals surface area contributed by atoms with Gasteiger partial charge in [0.25, 0.3) is 0 Å². The number of para-hydroxylation sites is 1. The maximum absolute atomic E-state index is 12.0. The van der Waals surface area contributed by atoms with Gasteiger partial charge >= 0.3 is 0 Å². The van der Waals surface area contributed by atoms with Crippen LogP contribution in [0.15, 0.2) is 18.2 Å². The highest BCUT2D eigenvalue weighted by Crippen LogP contribution is 2.29. The molecule has 0 radical (unpaired) electrons. The van der Waals surface area contributed by atoms with E-state index in [0.717, 1.165) is 13.1 Å². The Balaban J connectivity index is 1.85. The Morgan fingerprint density at radius 1 is 1.29 bits per heavy atom. The van der Waals surface area contributed by atoms with Crippen molar-refractivity contribution in [3.8, 4) is 0 Å². The normalized spacial score (nSPS) is 23.0. The predicted octanol–water partition coefficient (Wildman–Crippen LogP) is 3.43. The Hall–Kier alpha value is -0.810. The summed E-state index contributed by atoms with van der Waals surface area (Å²) in [6.07, 6.45) is 0.811. The molecule has 1 fully saturated rings. The number of carbonyl (C=O) groups is 1. The van der Waals surface area contributed by atoms with Crippen LogP contribution >= 0.6 is 23.2 Å². The summed E-state index contributed by atoms with van der Waals surface area (Å²) in [6, 6.07) is 5.15. The highest BCUT2D eigenvalue weighted by atomic mass is 35.5. The number of carbonyl (C=O) groups excluding carboxylic acids is 1. The smallest absolute Gasteiger partial charge is 0.225 e. The number of rotatable bonds is 4. The van der Waals surface area contributed by atoms with Crippen molar-refractivity contribution in [1.82, 2.24) is 4.90 Å². The van der Waals surface area contributed by atoms with E-state index in [-0.39, 0.29) is 18.1 Å². The summed E-state index contributed by atoms with van der Waals surface area (Å²) in [4.78, 5) is 14.3.